The van der Waals surface area contributed by atoms with E-state index < -0.39 is 0 Å². The van der Waals surface area contributed by atoms with E-state index in [2.05, 4.69) is 42.0 Å². The fourth-order valence-electron chi connectivity index (χ4n) is 1.98. The van der Waals surface area contributed by atoms with Gasteiger partial charge in [0, 0.05) is 10.5 Å². The lowest BCUT2D eigenvalue weighted by Gasteiger charge is -2.21. The Kier molecular flexibility index (Phi) is 7.36. The second kappa shape index (κ2) is 8.54. The van der Waals surface area contributed by atoms with Gasteiger partial charge < -0.3 is 10.1 Å². The molecule has 0 radical (unpaired) electrons. The molecule has 102 valence electrons. The highest BCUT2D eigenvalue weighted by atomic mass is 79.9. The van der Waals surface area contributed by atoms with Gasteiger partial charge in [0.15, 0.2) is 0 Å². The number of ether oxygens (including phenoxy) is 1. The molecule has 1 unspecified atom stereocenters. The standard InChI is InChI=1S/C15H24BrNO/c1-4-17-15(12(2)3)9-6-10-18-14-8-5-7-13(16)11-14/h5,7-8,11-12,15,17H,4,6,9-10H2,1-3H3. The van der Waals surface area contributed by atoms with Crippen molar-refractivity contribution in [1.29, 1.82) is 0 Å². The molecule has 0 bridgehead atoms. The van der Waals surface area contributed by atoms with Gasteiger partial charge in [0.05, 0.1) is 6.61 Å². The van der Waals surface area contributed by atoms with E-state index in [1.54, 1.807) is 0 Å². The van der Waals surface area contributed by atoms with Gasteiger partial charge >= 0.3 is 0 Å². The Labute approximate surface area is 119 Å². The first kappa shape index (κ1) is 15.5. The fourth-order valence-corrected chi connectivity index (χ4v) is 2.36. The lowest BCUT2D eigenvalue weighted by atomic mass is 9.99. The van der Waals surface area contributed by atoms with Crippen molar-refractivity contribution in [2.45, 2.75) is 39.7 Å². The quantitative estimate of drug-likeness (QED) is 0.725. The van der Waals surface area contributed by atoms with Gasteiger partial charge in [-0.1, -0.05) is 42.8 Å². The Morgan fingerprint density at radius 1 is 1.33 bits per heavy atom. The molecule has 2 nitrogen and oxygen atoms in total. The molecule has 0 fully saturated rings. The smallest absolute Gasteiger partial charge is 0.120 e. The van der Waals surface area contributed by atoms with Gasteiger partial charge in [-0.15, -0.1) is 0 Å². The number of halogens is 1. The molecule has 1 rings (SSSR count). The monoisotopic (exact) mass is 313 g/mol. The maximum absolute atomic E-state index is 5.74. The van der Waals surface area contributed by atoms with Gasteiger partial charge in [-0.2, -0.15) is 0 Å². The molecule has 0 aliphatic rings. The molecule has 0 spiro atoms. The van der Waals surface area contributed by atoms with Crippen LogP contribution in [0.4, 0.5) is 0 Å². The zero-order valence-corrected chi connectivity index (χ0v) is 13.2. The molecule has 1 atom stereocenters. The highest BCUT2D eigenvalue weighted by Gasteiger charge is 2.11. The lowest BCUT2D eigenvalue weighted by molar-refractivity contribution is 0.282. The largest absolute Gasteiger partial charge is 0.494 e. The number of benzene rings is 1. The first-order valence-corrected chi connectivity index (χ1v) is 7.54. The average Bonchev–Trinajstić information content (AvgIpc) is 2.33. The Morgan fingerprint density at radius 2 is 2.11 bits per heavy atom. The summed E-state index contributed by atoms with van der Waals surface area (Å²) >= 11 is 3.44. The van der Waals surface area contributed by atoms with E-state index in [0.29, 0.717) is 12.0 Å². The van der Waals surface area contributed by atoms with Gasteiger partial charge in [-0.3, -0.25) is 0 Å². The maximum Gasteiger partial charge on any atom is 0.120 e. The summed E-state index contributed by atoms with van der Waals surface area (Å²) in [7, 11) is 0. The lowest BCUT2D eigenvalue weighted by Crippen LogP contribution is -2.33. The molecular formula is C15H24BrNO. The van der Waals surface area contributed by atoms with Crippen LogP contribution in [0.15, 0.2) is 28.7 Å². The van der Waals surface area contributed by atoms with E-state index in [9.17, 15) is 0 Å². The van der Waals surface area contributed by atoms with Gasteiger partial charge in [-0.25, -0.2) is 0 Å². The highest BCUT2D eigenvalue weighted by molar-refractivity contribution is 9.10. The van der Waals surface area contributed by atoms with Crippen molar-refractivity contribution < 1.29 is 4.74 Å². The van der Waals surface area contributed by atoms with Gasteiger partial charge in [0.25, 0.3) is 0 Å². The first-order valence-electron chi connectivity index (χ1n) is 6.75. The molecule has 3 heteroatoms. The van der Waals surface area contributed by atoms with Crippen LogP contribution < -0.4 is 10.1 Å². The third kappa shape index (κ3) is 5.87. The van der Waals surface area contributed by atoms with Gasteiger partial charge in [0.1, 0.15) is 5.75 Å². The van der Waals surface area contributed by atoms with Crippen LogP contribution in [0.25, 0.3) is 0 Å². The van der Waals surface area contributed by atoms with Crippen molar-refractivity contribution in [3.63, 3.8) is 0 Å². The number of hydrogen-bond acceptors (Lipinski definition) is 2. The van der Waals surface area contributed by atoms with E-state index in [0.717, 1.165) is 29.8 Å². The summed E-state index contributed by atoms with van der Waals surface area (Å²) in [4.78, 5) is 0. The number of rotatable bonds is 8. The Balaban J connectivity index is 2.25. The number of nitrogens with one attached hydrogen (secondary N) is 1. The third-order valence-corrected chi connectivity index (χ3v) is 3.49. The maximum atomic E-state index is 5.74. The van der Waals surface area contributed by atoms with E-state index in [1.165, 1.54) is 6.42 Å². The van der Waals surface area contributed by atoms with Gasteiger partial charge in [0.2, 0.25) is 0 Å². The molecule has 18 heavy (non-hydrogen) atoms. The Bertz CT molecular complexity index is 341. The zero-order valence-electron chi connectivity index (χ0n) is 11.6. The molecule has 0 heterocycles. The molecule has 0 saturated heterocycles. The van der Waals surface area contributed by atoms with Crippen LogP contribution in [0.3, 0.4) is 0 Å². The topological polar surface area (TPSA) is 21.3 Å². The SMILES string of the molecule is CCNC(CCCOc1cccc(Br)c1)C(C)C. The minimum atomic E-state index is 0.598. The van der Waals surface area contributed by atoms with Crippen LogP contribution in [0.2, 0.25) is 0 Å². The minimum absolute atomic E-state index is 0.598. The van der Waals surface area contributed by atoms with Gasteiger partial charge in [-0.05, 0) is 43.5 Å². The predicted molar refractivity (Wildman–Crippen MR) is 81.2 cm³/mol. The Hall–Kier alpha value is -0.540. The second-order valence-corrected chi connectivity index (χ2v) is 5.77. The minimum Gasteiger partial charge on any atom is -0.494 e. The summed E-state index contributed by atoms with van der Waals surface area (Å²) < 4.78 is 6.80. The Morgan fingerprint density at radius 3 is 2.72 bits per heavy atom. The van der Waals surface area contributed by atoms with Crippen LogP contribution in [-0.4, -0.2) is 19.2 Å². The normalized spacial score (nSPS) is 12.7. The summed E-state index contributed by atoms with van der Waals surface area (Å²) in [6.07, 6.45) is 2.25. The van der Waals surface area contributed by atoms with Crippen molar-refractivity contribution in [2.75, 3.05) is 13.2 Å². The van der Waals surface area contributed by atoms with Crippen molar-refractivity contribution in [3.05, 3.63) is 28.7 Å². The van der Waals surface area contributed by atoms with E-state index in [1.807, 2.05) is 24.3 Å². The van der Waals surface area contributed by atoms with E-state index in [-0.39, 0.29) is 0 Å². The second-order valence-electron chi connectivity index (χ2n) is 4.86. The van der Waals surface area contributed by atoms with Crippen LogP contribution in [-0.2, 0) is 0 Å². The van der Waals surface area contributed by atoms with Crippen LogP contribution in [0.1, 0.15) is 33.6 Å². The fraction of sp³-hybridized carbons (Fsp3) is 0.600. The molecule has 0 aliphatic carbocycles. The number of hydrogen-bond donors (Lipinski definition) is 1. The molecule has 1 N–H and O–H groups in total. The molecular weight excluding hydrogens is 290 g/mol. The van der Waals surface area contributed by atoms with Crippen molar-refractivity contribution >= 4 is 15.9 Å². The van der Waals surface area contributed by atoms with E-state index in [4.69, 9.17) is 4.74 Å². The summed E-state index contributed by atoms with van der Waals surface area (Å²) in [6.45, 7) is 8.51. The van der Waals surface area contributed by atoms with Crippen molar-refractivity contribution in [1.82, 2.24) is 5.32 Å². The van der Waals surface area contributed by atoms with Crippen molar-refractivity contribution in [2.24, 2.45) is 5.92 Å². The molecule has 0 aliphatic heterocycles. The molecule has 1 aromatic carbocycles. The summed E-state index contributed by atoms with van der Waals surface area (Å²) in [5.74, 6) is 1.62. The zero-order chi connectivity index (χ0) is 13.4. The summed E-state index contributed by atoms with van der Waals surface area (Å²) in [6, 6.07) is 8.60. The van der Waals surface area contributed by atoms with Crippen LogP contribution in [0.5, 0.6) is 5.75 Å². The highest BCUT2D eigenvalue weighted by Crippen LogP contribution is 2.18. The molecule has 0 amide bonds. The summed E-state index contributed by atoms with van der Waals surface area (Å²) in [5.41, 5.74) is 0. The third-order valence-electron chi connectivity index (χ3n) is 3.00. The predicted octanol–water partition coefficient (Wildman–Crippen LogP) is 4.24. The molecule has 1 aromatic rings. The van der Waals surface area contributed by atoms with Crippen LogP contribution in [0, 0.1) is 5.92 Å². The summed E-state index contributed by atoms with van der Waals surface area (Å²) in [5, 5.41) is 3.53. The van der Waals surface area contributed by atoms with Crippen molar-refractivity contribution in [3.8, 4) is 5.75 Å². The van der Waals surface area contributed by atoms with E-state index >= 15 is 0 Å². The molecule has 0 aromatic heterocycles. The first-order chi connectivity index (χ1) is 8.63. The molecule has 0 saturated carbocycles. The average molecular weight is 314 g/mol. The van der Waals surface area contributed by atoms with Crippen LogP contribution >= 0.6 is 15.9 Å².